The monoisotopic (exact) mass is 422 g/mol. The highest BCUT2D eigenvalue weighted by Crippen LogP contribution is 2.28. The third-order valence-electron chi connectivity index (χ3n) is 4.44. The van der Waals surface area contributed by atoms with Crippen LogP contribution in [0.3, 0.4) is 0 Å². The number of hydrogen-bond donors (Lipinski definition) is 1. The predicted octanol–water partition coefficient (Wildman–Crippen LogP) is 4.32. The molecule has 0 heterocycles. The smallest absolute Gasteiger partial charge is 0.241 e. The van der Waals surface area contributed by atoms with Crippen LogP contribution in [0.15, 0.2) is 48.5 Å². The Balaban J connectivity index is 2.26. The SMILES string of the molecule is Cc1c(Cl)cccc1N(CC(=O)N[C@@H](CC(C)C)c1ccccc1)S(C)(=O)=O. The van der Waals surface area contributed by atoms with Gasteiger partial charge >= 0.3 is 0 Å². The zero-order chi connectivity index (χ0) is 20.9. The predicted molar refractivity (Wildman–Crippen MR) is 115 cm³/mol. The average Bonchev–Trinajstić information content (AvgIpc) is 2.61. The van der Waals surface area contributed by atoms with Crippen molar-refractivity contribution in [3.05, 3.63) is 64.7 Å². The van der Waals surface area contributed by atoms with E-state index in [9.17, 15) is 13.2 Å². The molecule has 0 aliphatic heterocycles. The van der Waals surface area contributed by atoms with Crippen LogP contribution >= 0.6 is 11.6 Å². The second kappa shape index (κ2) is 9.43. The molecular weight excluding hydrogens is 396 g/mol. The van der Waals surface area contributed by atoms with E-state index in [1.54, 1.807) is 25.1 Å². The summed E-state index contributed by atoms with van der Waals surface area (Å²) in [5.74, 6) is 0.00555. The molecule has 0 radical (unpaired) electrons. The van der Waals surface area contributed by atoms with Crippen LogP contribution in [0.1, 0.15) is 37.4 Å². The van der Waals surface area contributed by atoms with E-state index in [0.717, 1.165) is 22.5 Å². The van der Waals surface area contributed by atoms with Gasteiger partial charge in [0.1, 0.15) is 6.54 Å². The molecule has 1 atom stereocenters. The van der Waals surface area contributed by atoms with Crippen molar-refractivity contribution in [3.8, 4) is 0 Å². The van der Waals surface area contributed by atoms with Crippen molar-refractivity contribution in [3.63, 3.8) is 0 Å². The first-order valence-corrected chi connectivity index (χ1v) is 11.4. The number of nitrogens with one attached hydrogen (secondary N) is 1. The Labute approximate surface area is 172 Å². The molecule has 0 aliphatic carbocycles. The number of sulfonamides is 1. The molecule has 0 saturated carbocycles. The van der Waals surface area contributed by atoms with Crippen LogP contribution in [-0.2, 0) is 14.8 Å². The van der Waals surface area contributed by atoms with Crippen LogP contribution in [0.5, 0.6) is 0 Å². The molecule has 152 valence electrons. The molecule has 0 aliphatic rings. The Morgan fingerprint density at radius 1 is 1.11 bits per heavy atom. The summed E-state index contributed by atoms with van der Waals surface area (Å²) >= 11 is 6.14. The van der Waals surface area contributed by atoms with E-state index in [1.165, 1.54) is 0 Å². The second-order valence-corrected chi connectivity index (χ2v) is 9.63. The molecule has 0 saturated heterocycles. The molecule has 5 nitrogen and oxygen atoms in total. The molecule has 0 unspecified atom stereocenters. The molecule has 0 fully saturated rings. The number of anilines is 1. The minimum atomic E-state index is -3.66. The lowest BCUT2D eigenvalue weighted by molar-refractivity contribution is -0.120. The zero-order valence-corrected chi connectivity index (χ0v) is 18.2. The Morgan fingerprint density at radius 3 is 2.32 bits per heavy atom. The van der Waals surface area contributed by atoms with Crippen LogP contribution < -0.4 is 9.62 Å². The summed E-state index contributed by atoms with van der Waals surface area (Å²) in [6.45, 7) is 5.60. The molecule has 2 aromatic rings. The maximum Gasteiger partial charge on any atom is 0.241 e. The number of carbonyl (C=O) groups is 1. The molecule has 28 heavy (non-hydrogen) atoms. The van der Waals surface area contributed by atoms with Gasteiger partial charge in [-0.15, -0.1) is 0 Å². The lowest BCUT2D eigenvalue weighted by Crippen LogP contribution is -2.42. The summed E-state index contributed by atoms with van der Waals surface area (Å²) in [5, 5.41) is 3.45. The van der Waals surface area contributed by atoms with Crippen molar-refractivity contribution in [2.45, 2.75) is 33.2 Å². The van der Waals surface area contributed by atoms with Crippen molar-refractivity contribution in [2.24, 2.45) is 5.92 Å². The lowest BCUT2D eigenvalue weighted by Gasteiger charge is -2.26. The van der Waals surface area contributed by atoms with E-state index in [4.69, 9.17) is 11.6 Å². The molecule has 0 bridgehead atoms. The first-order chi connectivity index (χ1) is 13.1. The van der Waals surface area contributed by atoms with E-state index in [-0.39, 0.29) is 18.5 Å². The minimum Gasteiger partial charge on any atom is -0.348 e. The van der Waals surface area contributed by atoms with Gasteiger partial charge in [-0.3, -0.25) is 9.10 Å². The summed E-state index contributed by atoms with van der Waals surface area (Å²) in [4.78, 5) is 12.8. The maximum atomic E-state index is 12.8. The standard InChI is InChI=1S/C21H27ClN2O3S/c1-15(2)13-19(17-9-6-5-7-10-17)23-21(25)14-24(28(4,26)27)20-12-8-11-18(22)16(20)3/h5-12,15,19H,13-14H2,1-4H3,(H,23,25)/t19-/m0/s1. The van der Waals surface area contributed by atoms with Crippen LogP contribution in [0.4, 0.5) is 5.69 Å². The highest BCUT2D eigenvalue weighted by atomic mass is 35.5. The van der Waals surface area contributed by atoms with Crippen LogP contribution in [0.25, 0.3) is 0 Å². The van der Waals surface area contributed by atoms with Crippen molar-refractivity contribution in [2.75, 3.05) is 17.1 Å². The number of nitrogens with zero attached hydrogens (tertiary/aromatic N) is 1. The van der Waals surface area contributed by atoms with Gasteiger partial charge in [0.25, 0.3) is 0 Å². The number of halogens is 1. The van der Waals surface area contributed by atoms with Gasteiger partial charge in [0.05, 0.1) is 18.0 Å². The fraction of sp³-hybridized carbons (Fsp3) is 0.381. The van der Waals surface area contributed by atoms with Crippen molar-refractivity contribution in [1.29, 1.82) is 0 Å². The van der Waals surface area contributed by atoms with E-state index in [0.29, 0.717) is 22.2 Å². The Bertz CT molecular complexity index is 915. The molecule has 1 N–H and O–H groups in total. The van der Waals surface area contributed by atoms with E-state index in [1.807, 2.05) is 30.3 Å². The van der Waals surface area contributed by atoms with E-state index >= 15 is 0 Å². The summed E-state index contributed by atoms with van der Waals surface area (Å²) in [6, 6.07) is 14.5. The number of benzene rings is 2. The molecule has 0 spiro atoms. The van der Waals surface area contributed by atoms with Gasteiger partial charge in [-0.1, -0.05) is 61.8 Å². The van der Waals surface area contributed by atoms with Gasteiger partial charge in [-0.25, -0.2) is 8.42 Å². The molecule has 7 heteroatoms. The topological polar surface area (TPSA) is 66.5 Å². The van der Waals surface area contributed by atoms with Crippen molar-refractivity contribution < 1.29 is 13.2 Å². The fourth-order valence-corrected chi connectivity index (χ4v) is 4.13. The first-order valence-electron chi connectivity index (χ1n) is 9.16. The molecule has 2 rings (SSSR count). The Kier molecular flexibility index (Phi) is 7.49. The summed E-state index contributed by atoms with van der Waals surface area (Å²) < 4.78 is 25.8. The maximum absolute atomic E-state index is 12.8. The molecule has 0 aromatic heterocycles. The second-order valence-electron chi connectivity index (χ2n) is 7.31. The van der Waals surface area contributed by atoms with Gasteiger partial charge in [-0.05, 0) is 42.5 Å². The zero-order valence-electron chi connectivity index (χ0n) is 16.6. The normalized spacial score (nSPS) is 12.6. The summed E-state index contributed by atoms with van der Waals surface area (Å²) in [5.41, 5.74) is 2.02. The molecule has 1 amide bonds. The van der Waals surface area contributed by atoms with Crippen LogP contribution in [-0.4, -0.2) is 27.1 Å². The highest BCUT2D eigenvalue weighted by molar-refractivity contribution is 7.92. The Hall–Kier alpha value is -2.05. The highest BCUT2D eigenvalue weighted by Gasteiger charge is 2.25. The van der Waals surface area contributed by atoms with Crippen molar-refractivity contribution in [1.82, 2.24) is 5.32 Å². The molecule has 2 aromatic carbocycles. The minimum absolute atomic E-state index is 0.185. The number of hydrogen-bond acceptors (Lipinski definition) is 3. The number of carbonyl (C=O) groups excluding carboxylic acids is 1. The third-order valence-corrected chi connectivity index (χ3v) is 5.98. The van der Waals surface area contributed by atoms with Gasteiger partial charge < -0.3 is 5.32 Å². The first kappa shape index (κ1) is 22.2. The quantitative estimate of drug-likeness (QED) is 0.688. The summed E-state index contributed by atoms with van der Waals surface area (Å²) in [6.07, 6.45) is 1.84. The van der Waals surface area contributed by atoms with Crippen LogP contribution in [0, 0.1) is 12.8 Å². The average molecular weight is 423 g/mol. The lowest BCUT2D eigenvalue weighted by atomic mass is 9.97. The van der Waals surface area contributed by atoms with Gasteiger partial charge in [-0.2, -0.15) is 0 Å². The molecular formula is C21H27ClN2O3S. The largest absolute Gasteiger partial charge is 0.348 e. The number of amides is 1. The van der Waals surface area contributed by atoms with Gasteiger partial charge in [0.15, 0.2) is 0 Å². The Morgan fingerprint density at radius 2 is 1.75 bits per heavy atom. The number of rotatable bonds is 8. The van der Waals surface area contributed by atoms with E-state index < -0.39 is 10.0 Å². The van der Waals surface area contributed by atoms with E-state index in [2.05, 4.69) is 19.2 Å². The third kappa shape index (κ3) is 5.97. The fourth-order valence-electron chi connectivity index (χ4n) is 3.05. The van der Waals surface area contributed by atoms with Crippen LogP contribution in [0.2, 0.25) is 5.02 Å². The van der Waals surface area contributed by atoms with Gasteiger partial charge in [0, 0.05) is 5.02 Å². The van der Waals surface area contributed by atoms with Crippen molar-refractivity contribution >= 4 is 33.2 Å². The summed E-state index contributed by atoms with van der Waals surface area (Å²) in [7, 11) is -3.66. The van der Waals surface area contributed by atoms with Gasteiger partial charge in [0.2, 0.25) is 15.9 Å².